The van der Waals surface area contributed by atoms with E-state index in [1.165, 1.54) is 0 Å². The van der Waals surface area contributed by atoms with Crippen LogP contribution in [0.5, 0.6) is 0 Å². The fourth-order valence-corrected chi connectivity index (χ4v) is 2.97. The average Bonchev–Trinajstić information content (AvgIpc) is 3.23. The molecule has 0 spiro atoms. The van der Waals surface area contributed by atoms with E-state index in [2.05, 4.69) is 32.4 Å². The van der Waals surface area contributed by atoms with Gasteiger partial charge in [-0.2, -0.15) is 0 Å². The first-order valence-electron chi connectivity index (χ1n) is 8.74. The SMILES string of the molecule is CCNC(=NCc1c(C)noc1C)N1CCN(Cc2ccon2)CC1.I. The lowest BCUT2D eigenvalue weighted by atomic mass is 10.2. The largest absolute Gasteiger partial charge is 0.364 e. The van der Waals surface area contributed by atoms with Gasteiger partial charge in [-0.1, -0.05) is 10.3 Å². The predicted molar refractivity (Wildman–Crippen MR) is 110 cm³/mol. The molecule has 0 aliphatic carbocycles. The summed E-state index contributed by atoms with van der Waals surface area (Å²) in [7, 11) is 0. The van der Waals surface area contributed by atoms with E-state index in [0.717, 1.165) is 67.9 Å². The summed E-state index contributed by atoms with van der Waals surface area (Å²) in [5.41, 5.74) is 2.96. The zero-order chi connectivity index (χ0) is 17.6. The fraction of sp³-hybridized carbons (Fsp3) is 0.588. The third-order valence-corrected chi connectivity index (χ3v) is 4.45. The molecular formula is C17H27IN6O2. The molecular weight excluding hydrogens is 447 g/mol. The van der Waals surface area contributed by atoms with Crippen molar-refractivity contribution in [1.29, 1.82) is 0 Å². The van der Waals surface area contributed by atoms with E-state index in [1.807, 2.05) is 19.9 Å². The van der Waals surface area contributed by atoms with Gasteiger partial charge in [0.15, 0.2) is 5.96 Å². The number of hydrogen-bond donors (Lipinski definition) is 1. The third-order valence-electron chi connectivity index (χ3n) is 4.45. The molecule has 1 saturated heterocycles. The Morgan fingerprint density at radius 3 is 2.58 bits per heavy atom. The van der Waals surface area contributed by atoms with Gasteiger partial charge in [0, 0.05) is 50.9 Å². The van der Waals surface area contributed by atoms with Crippen molar-refractivity contribution in [3.63, 3.8) is 0 Å². The number of aryl methyl sites for hydroxylation is 2. The maximum Gasteiger partial charge on any atom is 0.194 e. The second kappa shape index (κ2) is 9.91. The van der Waals surface area contributed by atoms with Crippen molar-refractivity contribution >= 4 is 29.9 Å². The summed E-state index contributed by atoms with van der Waals surface area (Å²) in [6.07, 6.45) is 1.62. The van der Waals surface area contributed by atoms with Gasteiger partial charge in [-0.3, -0.25) is 4.90 Å². The number of guanidine groups is 1. The van der Waals surface area contributed by atoms with Crippen molar-refractivity contribution < 1.29 is 9.05 Å². The summed E-state index contributed by atoms with van der Waals surface area (Å²) in [5, 5.41) is 11.4. The standard InChI is InChI=1S/C17H26N6O2.HI/c1-4-18-17(19-11-16-13(2)20-25-14(16)3)23-8-6-22(7-9-23)12-15-5-10-24-21-15;/h5,10H,4,6-9,11-12H2,1-3H3,(H,18,19);1H. The van der Waals surface area contributed by atoms with Crippen LogP contribution in [0.15, 0.2) is 26.4 Å². The molecule has 0 bridgehead atoms. The van der Waals surface area contributed by atoms with Crippen molar-refractivity contribution in [2.24, 2.45) is 4.99 Å². The van der Waals surface area contributed by atoms with Gasteiger partial charge in [0.1, 0.15) is 12.0 Å². The Balaban J connectivity index is 0.00000243. The molecule has 1 fully saturated rings. The lowest BCUT2D eigenvalue weighted by molar-refractivity contribution is 0.169. The number of rotatable bonds is 5. The molecule has 1 N–H and O–H groups in total. The molecule has 0 aromatic carbocycles. The van der Waals surface area contributed by atoms with Crippen molar-refractivity contribution in [3.05, 3.63) is 35.0 Å². The highest BCUT2D eigenvalue weighted by Gasteiger charge is 2.20. The summed E-state index contributed by atoms with van der Waals surface area (Å²) in [6.45, 7) is 12.1. The lowest BCUT2D eigenvalue weighted by Gasteiger charge is -2.36. The van der Waals surface area contributed by atoms with Gasteiger partial charge in [0.2, 0.25) is 0 Å². The molecule has 0 amide bonds. The highest BCUT2D eigenvalue weighted by molar-refractivity contribution is 14.0. The molecule has 1 aliphatic heterocycles. The molecule has 144 valence electrons. The molecule has 8 nitrogen and oxygen atoms in total. The van der Waals surface area contributed by atoms with Crippen LogP contribution in [0.2, 0.25) is 0 Å². The number of piperazine rings is 1. The first kappa shape index (κ1) is 20.7. The number of nitrogens with zero attached hydrogens (tertiary/aromatic N) is 5. The fourth-order valence-electron chi connectivity index (χ4n) is 2.97. The molecule has 0 saturated carbocycles. The van der Waals surface area contributed by atoms with Crippen LogP contribution in [0, 0.1) is 13.8 Å². The maximum atomic E-state index is 5.22. The summed E-state index contributed by atoms with van der Waals surface area (Å²) < 4.78 is 10.1. The van der Waals surface area contributed by atoms with Gasteiger partial charge in [0.25, 0.3) is 0 Å². The van der Waals surface area contributed by atoms with Gasteiger partial charge in [0.05, 0.1) is 17.9 Å². The van der Waals surface area contributed by atoms with Crippen LogP contribution in [0.1, 0.15) is 29.6 Å². The zero-order valence-electron chi connectivity index (χ0n) is 15.6. The first-order valence-corrected chi connectivity index (χ1v) is 8.74. The summed E-state index contributed by atoms with van der Waals surface area (Å²) >= 11 is 0. The Labute approximate surface area is 171 Å². The molecule has 1 aliphatic rings. The summed E-state index contributed by atoms with van der Waals surface area (Å²) in [5.74, 6) is 1.79. The van der Waals surface area contributed by atoms with Crippen LogP contribution in [0.25, 0.3) is 0 Å². The number of nitrogens with one attached hydrogen (secondary N) is 1. The van der Waals surface area contributed by atoms with Gasteiger partial charge in [-0.15, -0.1) is 24.0 Å². The summed E-state index contributed by atoms with van der Waals surface area (Å²) in [6, 6.07) is 1.92. The average molecular weight is 474 g/mol. The van der Waals surface area contributed by atoms with Crippen LogP contribution in [0.4, 0.5) is 0 Å². The van der Waals surface area contributed by atoms with Gasteiger partial charge in [-0.25, -0.2) is 4.99 Å². The Bertz CT molecular complexity index is 673. The van der Waals surface area contributed by atoms with Crippen molar-refractivity contribution in [2.45, 2.75) is 33.9 Å². The molecule has 26 heavy (non-hydrogen) atoms. The van der Waals surface area contributed by atoms with E-state index < -0.39 is 0 Å². The molecule has 2 aromatic heterocycles. The highest BCUT2D eigenvalue weighted by atomic mass is 127. The molecule has 0 radical (unpaired) electrons. The Kier molecular flexibility index (Phi) is 7.88. The lowest BCUT2D eigenvalue weighted by Crippen LogP contribution is -2.52. The van der Waals surface area contributed by atoms with Gasteiger partial charge < -0.3 is 19.3 Å². The van der Waals surface area contributed by atoms with E-state index >= 15 is 0 Å². The van der Waals surface area contributed by atoms with E-state index in [1.54, 1.807) is 6.26 Å². The van der Waals surface area contributed by atoms with Crippen molar-refractivity contribution in [2.75, 3.05) is 32.7 Å². The maximum absolute atomic E-state index is 5.22. The van der Waals surface area contributed by atoms with Crippen molar-refractivity contribution in [3.8, 4) is 0 Å². The van der Waals surface area contributed by atoms with Crippen LogP contribution >= 0.6 is 24.0 Å². The minimum Gasteiger partial charge on any atom is -0.364 e. The van der Waals surface area contributed by atoms with Crippen LogP contribution < -0.4 is 5.32 Å². The van der Waals surface area contributed by atoms with E-state index in [-0.39, 0.29) is 24.0 Å². The Morgan fingerprint density at radius 1 is 1.23 bits per heavy atom. The first-order chi connectivity index (χ1) is 12.2. The zero-order valence-corrected chi connectivity index (χ0v) is 17.9. The van der Waals surface area contributed by atoms with Crippen LogP contribution in [-0.4, -0.2) is 58.8 Å². The number of aromatic nitrogens is 2. The van der Waals surface area contributed by atoms with E-state index in [9.17, 15) is 0 Å². The molecule has 0 atom stereocenters. The van der Waals surface area contributed by atoms with Crippen molar-refractivity contribution in [1.82, 2.24) is 25.4 Å². The monoisotopic (exact) mass is 474 g/mol. The van der Waals surface area contributed by atoms with Crippen LogP contribution in [0.3, 0.4) is 0 Å². The predicted octanol–water partition coefficient (Wildman–Crippen LogP) is 2.18. The van der Waals surface area contributed by atoms with Gasteiger partial charge >= 0.3 is 0 Å². The quantitative estimate of drug-likeness (QED) is 0.404. The minimum atomic E-state index is 0. The minimum absolute atomic E-state index is 0. The van der Waals surface area contributed by atoms with E-state index in [4.69, 9.17) is 14.0 Å². The van der Waals surface area contributed by atoms with Crippen LogP contribution in [-0.2, 0) is 13.1 Å². The van der Waals surface area contributed by atoms with E-state index in [0.29, 0.717) is 6.54 Å². The Morgan fingerprint density at radius 2 is 2.00 bits per heavy atom. The topological polar surface area (TPSA) is 82.9 Å². The van der Waals surface area contributed by atoms with Gasteiger partial charge in [-0.05, 0) is 20.8 Å². The smallest absolute Gasteiger partial charge is 0.194 e. The molecule has 9 heteroatoms. The number of aliphatic imine (C=N–C) groups is 1. The molecule has 3 rings (SSSR count). The second-order valence-corrected chi connectivity index (χ2v) is 6.23. The number of halogens is 1. The summed E-state index contributed by atoms with van der Waals surface area (Å²) in [4.78, 5) is 9.48. The third kappa shape index (κ3) is 5.19. The normalized spacial score (nSPS) is 15.8. The molecule has 0 unspecified atom stereocenters. The molecule has 2 aromatic rings. The number of hydrogen-bond acceptors (Lipinski definition) is 6. The second-order valence-electron chi connectivity index (χ2n) is 6.23. The molecule has 3 heterocycles. The Hall–Kier alpha value is -1.62. The highest BCUT2D eigenvalue weighted by Crippen LogP contribution is 2.14.